The van der Waals surface area contributed by atoms with E-state index in [9.17, 15) is 22.0 Å². The Morgan fingerprint density at radius 3 is 2.31 bits per heavy atom. The number of thioether (sulfide) groups is 1. The van der Waals surface area contributed by atoms with Crippen LogP contribution in [0.15, 0.2) is 22.2 Å². The highest BCUT2D eigenvalue weighted by molar-refractivity contribution is 7.98. The summed E-state index contributed by atoms with van der Waals surface area (Å²) < 4.78 is 70.0. The zero-order chi connectivity index (χ0) is 37.7. The number of alkyl halides is 2. The molecule has 12 nitrogen and oxygen atoms in total. The Labute approximate surface area is 308 Å². The third-order valence-corrected chi connectivity index (χ3v) is 14.1. The van der Waals surface area contributed by atoms with Gasteiger partial charge >= 0.3 is 6.09 Å². The fourth-order valence-corrected chi connectivity index (χ4v) is 9.61. The van der Waals surface area contributed by atoms with Crippen molar-refractivity contribution in [3.05, 3.63) is 17.1 Å². The topological polar surface area (TPSA) is 131 Å². The first kappa shape index (κ1) is 39.7. The summed E-state index contributed by atoms with van der Waals surface area (Å²) in [4.78, 5) is 26.5. The first-order valence-corrected chi connectivity index (χ1v) is 24.2. The van der Waals surface area contributed by atoms with E-state index in [0.29, 0.717) is 65.6 Å². The second kappa shape index (κ2) is 14.7. The quantitative estimate of drug-likeness (QED) is 0.0595. The molecule has 0 bridgehead atoms. The summed E-state index contributed by atoms with van der Waals surface area (Å²) in [6.07, 6.45) is -0.0645. The van der Waals surface area contributed by atoms with Gasteiger partial charge in [0, 0.05) is 38.7 Å². The minimum atomic E-state index is -4.16. The molecule has 0 radical (unpaired) electrons. The number of benzene rings is 1. The standard InChI is InChI=1S/C33H49F2N7O5S3Si/c1-20-17-40(18-21(2)42(20)31(43)47-32(3,4)5)24-16-22(50(44,45)41(33(6)11-12-33)19-46-13-14-51(8,9)10)15-23-25(24)36-30(48-7)37-26(23)28-38-39-29(49-28)27(34)35/h15-16,20-21,27H,11-14,17-19H2,1-10H3/t20-,21-/m0/s1. The molecule has 5 rings (SSSR count). The van der Waals surface area contributed by atoms with Crippen LogP contribution in [0.25, 0.3) is 21.6 Å². The third kappa shape index (κ3) is 9.00. The molecule has 2 aliphatic rings. The van der Waals surface area contributed by atoms with Crippen LogP contribution in [0.4, 0.5) is 19.3 Å². The van der Waals surface area contributed by atoms with Gasteiger partial charge in [-0.2, -0.15) is 4.31 Å². The van der Waals surface area contributed by atoms with Crippen LogP contribution in [0.3, 0.4) is 0 Å². The number of halogens is 2. The monoisotopic (exact) mass is 785 g/mol. The lowest BCUT2D eigenvalue weighted by molar-refractivity contribution is 0.00566. The van der Waals surface area contributed by atoms with E-state index in [4.69, 9.17) is 14.5 Å². The number of amides is 1. The number of rotatable bonds is 12. The Morgan fingerprint density at radius 2 is 1.78 bits per heavy atom. The fraction of sp³-hybridized carbons (Fsp3) is 0.667. The smallest absolute Gasteiger partial charge is 0.410 e. The van der Waals surface area contributed by atoms with Gasteiger partial charge in [0.25, 0.3) is 6.43 Å². The molecule has 3 aromatic rings. The van der Waals surface area contributed by atoms with Crippen LogP contribution < -0.4 is 4.90 Å². The number of ether oxygens (including phenoxy) is 2. The van der Waals surface area contributed by atoms with Crippen molar-refractivity contribution in [2.45, 2.75) is 120 Å². The zero-order valence-corrected chi connectivity index (χ0v) is 34.4. The lowest BCUT2D eigenvalue weighted by Gasteiger charge is -2.45. The van der Waals surface area contributed by atoms with Crippen molar-refractivity contribution in [3.8, 4) is 10.7 Å². The van der Waals surface area contributed by atoms with E-state index in [1.807, 2.05) is 46.4 Å². The highest BCUT2D eigenvalue weighted by atomic mass is 32.2. The lowest BCUT2D eigenvalue weighted by atomic mass is 10.1. The van der Waals surface area contributed by atoms with Gasteiger partial charge in [-0.3, -0.25) is 4.90 Å². The van der Waals surface area contributed by atoms with Gasteiger partial charge in [-0.15, -0.1) is 10.2 Å². The van der Waals surface area contributed by atoms with E-state index in [-0.39, 0.29) is 34.4 Å². The predicted molar refractivity (Wildman–Crippen MR) is 200 cm³/mol. The molecule has 0 N–H and O–H groups in total. The van der Waals surface area contributed by atoms with Gasteiger partial charge in [0.2, 0.25) is 10.0 Å². The summed E-state index contributed by atoms with van der Waals surface area (Å²) in [5, 5.41) is 8.10. The minimum absolute atomic E-state index is 0.00199. The number of hydrogen-bond donors (Lipinski definition) is 0. The van der Waals surface area contributed by atoms with E-state index in [2.05, 4.69) is 34.8 Å². The molecule has 2 aromatic heterocycles. The van der Waals surface area contributed by atoms with Crippen molar-refractivity contribution in [3.63, 3.8) is 0 Å². The van der Waals surface area contributed by atoms with Crippen LogP contribution in [0.5, 0.6) is 0 Å². The largest absolute Gasteiger partial charge is 0.444 e. The first-order chi connectivity index (χ1) is 23.6. The number of aromatic nitrogens is 4. The summed E-state index contributed by atoms with van der Waals surface area (Å²) in [5.74, 6) is 0. The maximum Gasteiger partial charge on any atom is 0.410 e. The molecule has 3 heterocycles. The Morgan fingerprint density at radius 1 is 1.14 bits per heavy atom. The van der Waals surface area contributed by atoms with Crippen LogP contribution in [-0.2, 0) is 19.5 Å². The van der Waals surface area contributed by atoms with Gasteiger partial charge in [0.15, 0.2) is 15.2 Å². The van der Waals surface area contributed by atoms with Crippen LogP contribution in [0.2, 0.25) is 25.7 Å². The Bertz CT molecular complexity index is 1850. The van der Waals surface area contributed by atoms with E-state index in [1.54, 1.807) is 17.2 Å². The molecular weight excluding hydrogens is 737 g/mol. The maximum atomic E-state index is 14.8. The molecule has 2 atom stereocenters. The molecule has 1 aromatic carbocycles. The van der Waals surface area contributed by atoms with Crippen molar-refractivity contribution >= 4 is 63.9 Å². The fourth-order valence-electron chi connectivity index (χ4n) is 6.02. The van der Waals surface area contributed by atoms with Crippen molar-refractivity contribution in [2.24, 2.45) is 0 Å². The predicted octanol–water partition coefficient (Wildman–Crippen LogP) is 7.50. The molecule has 282 valence electrons. The molecule has 0 unspecified atom stereocenters. The van der Waals surface area contributed by atoms with E-state index in [0.717, 1.165) is 6.04 Å². The Balaban J connectivity index is 1.66. The number of carbonyl (C=O) groups excluding carboxylic acids is 1. The van der Waals surface area contributed by atoms with Gasteiger partial charge in [-0.1, -0.05) is 42.7 Å². The van der Waals surface area contributed by atoms with Crippen LogP contribution in [-0.4, -0.2) is 108 Å². The SMILES string of the molecule is CSc1nc(-c2nnc(C(F)F)s2)c2cc(S(=O)(=O)N(COCC[Si](C)(C)C)C3(C)CC3)cc(N3C[C@H](C)N(C(=O)OC(C)(C)C)[C@@H](C)C3)c2n1. The van der Waals surface area contributed by atoms with Crippen molar-refractivity contribution in [1.82, 2.24) is 29.4 Å². The zero-order valence-electron chi connectivity index (χ0n) is 31.0. The number of hydrogen-bond acceptors (Lipinski definition) is 12. The van der Waals surface area contributed by atoms with Crippen molar-refractivity contribution < 1.29 is 31.5 Å². The molecule has 18 heteroatoms. The summed E-state index contributed by atoms with van der Waals surface area (Å²) >= 11 is 1.98. The second-order valence-corrected chi connectivity index (χ2v) is 25.1. The van der Waals surface area contributed by atoms with Crippen LogP contribution >= 0.6 is 23.1 Å². The molecule has 2 fully saturated rings. The average Bonchev–Trinajstić information content (AvgIpc) is 3.54. The number of fused-ring (bicyclic) bond motifs is 1. The van der Waals surface area contributed by atoms with Crippen molar-refractivity contribution in [1.29, 1.82) is 0 Å². The number of sulfonamides is 1. The molecule has 1 aliphatic carbocycles. The second-order valence-electron chi connectivity index (χ2n) is 15.8. The number of piperazine rings is 1. The molecule has 0 spiro atoms. The molecule has 1 aliphatic heterocycles. The first-order valence-electron chi connectivity index (χ1n) is 17.0. The summed E-state index contributed by atoms with van der Waals surface area (Å²) in [6, 6.07) is 3.43. The van der Waals surface area contributed by atoms with Gasteiger partial charge in [-0.25, -0.2) is 32.0 Å². The van der Waals surface area contributed by atoms with Gasteiger partial charge in [-0.05, 0) is 78.8 Å². The van der Waals surface area contributed by atoms with E-state index >= 15 is 0 Å². The van der Waals surface area contributed by atoms with Crippen molar-refractivity contribution in [2.75, 3.05) is 37.6 Å². The molecular formula is C33H49F2N7O5S3Si. The molecule has 1 saturated heterocycles. The number of nitrogens with zero attached hydrogens (tertiary/aromatic N) is 7. The summed E-state index contributed by atoms with van der Waals surface area (Å²) in [5.41, 5.74) is -0.103. The molecule has 51 heavy (non-hydrogen) atoms. The van der Waals surface area contributed by atoms with Gasteiger partial charge in [0.05, 0.1) is 28.2 Å². The Kier molecular flexibility index (Phi) is 11.5. The molecule has 1 saturated carbocycles. The highest BCUT2D eigenvalue weighted by Gasteiger charge is 2.50. The Hall–Kier alpha value is -2.51. The van der Waals surface area contributed by atoms with Crippen LogP contribution in [0, 0.1) is 0 Å². The van der Waals surface area contributed by atoms with Crippen LogP contribution in [0.1, 0.15) is 65.8 Å². The number of anilines is 1. The van der Waals surface area contributed by atoms with Gasteiger partial charge < -0.3 is 14.4 Å². The summed E-state index contributed by atoms with van der Waals surface area (Å²) in [7, 11) is -5.58. The molecule has 1 amide bonds. The summed E-state index contributed by atoms with van der Waals surface area (Å²) in [6.45, 7) is 19.0. The lowest BCUT2D eigenvalue weighted by Crippen LogP contribution is -2.59. The normalized spacial score (nSPS) is 19.7. The van der Waals surface area contributed by atoms with E-state index in [1.165, 1.54) is 22.1 Å². The maximum absolute atomic E-state index is 14.8. The average molecular weight is 786 g/mol. The minimum Gasteiger partial charge on any atom is -0.444 e. The van der Waals surface area contributed by atoms with E-state index < -0.39 is 46.8 Å². The number of carbonyl (C=O) groups is 1. The highest BCUT2D eigenvalue weighted by Crippen LogP contribution is 2.46. The third-order valence-electron chi connectivity index (χ3n) is 8.98. The van der Waals surface area contributed by atoms with Gasteiger partial charge in [0.1, 0.15) is 18.0 Å².